The van der Waals surface area contributed by atoms with Crippen LogP contribution < -0.4 is 0 Å². The predicted molar refractivity (Wildman–Crippen MR) is 97.4 cm³/mol. The molecule has 2 aromatic rings. The maximum absolute atomic E-state index is 12.7. The molecule has 1 fully saturated rings. The molecular formula is C20H24N4O2. The number of nitrogens with zero attached hydrogens (tertiary/aromatic N) is 4. The Morgan fingerprint density at radius 3 is 2.65 bits per heavy atom. The Bertz CT molecular complexity index is 804. The minimum Gasteiger partial charge on any atom is -0.396 e. The van der Waals surface area contributed by atoms with Gasteiger partial charge in [-0.15, -0.1) is 0 Å². The average Bonchev–Trinajstić information content (AvgIpc) is 3.29. The Morgan fingerprint density at radius 2 is 2.08 bits per heavy atom. The Kier molecular flexibility index (Phi) is 5.38. The smallest absolute Gasteiger partial charge is 0.227 e. The van der Waals surface area contributed by atoms with Gasteiger partial charge >= 0.3 is 0 Å². The van der Waals surface area contributed by atoms with E-state index in [-0.39, 0.29) is 30.4 Å². The van der Waals surface area contributed by atoms with Crippen molar-refractivity contribution >= 4 is 5.91 Å². The van der Waals surface area contributed by atoms with Crippen molar-refractivity contribution in [2.75, 3.05) is 19.7 Å². The number of benzene rings is 1. The third-order valence-electron chi connectivity index (χ3n) is 5.05. The highest BCUT2D eigenvalue weighted by molar-refractivity contribution is 5.79. The third kappa shape index (κ3) is 3.78. The third-order valence-corrected chi connectivity index (χ3v) is 5.05. The zero-order chi connectivity index (χ0) is 18.7. The summed E-state index contributed by atoms with van der Waals surface area (Å²) in [4.78, 5) is 14.5. The lowest BCUT2D eigenvalue weighted by molar-refractivity contribution is -0.129. The van der Waals surface area contributed by atoms with E-state index in [4.69, 9.17) is 5.26 Å². The molecule has 136 valence electrons. The van der Waals surface area contributed by atoms with Gasteiger partial charge in [0.1, 0.15) is 0 Å². The van der Waals surface area contributed by atoms with Crippen molar-refractivity contribution < 1.29 is 9.90 Å². The lowest BCUT2D eigenvalue weighted by Crippen LogP contribution is -2.30. The normalized spacial score (nSPS) is 19.7. The fraction of sp³-hybridized carbons (Fsp3) is 0.450. The summed E-state index contributed by atoms with van der Waals surface area (Å²) in [5.74, 6) is 0.189. The van der Waals surface area contributed by atoms with E-state index in [0.717, 1.165) is 11.1 Å². The van der Waals surface area contributed by atoms with Crippen LogP contribution in [-0.4, -0.2) is 45.4 Å². The molecule has 1 aliphatic heterocycles. The van der Waals surface area contributed by atoms with E-state index >= 15 is 0 Å². The van der Waals surface area contributed by atoms with Crippen molar-refractivity contribution in [2.45, 2.75) is 32.2 Å². The monoisotopic (exact) mass is 352 g/mol. The topological polar surface area (TPSA) is 82.2 Å². The quantitative estimate of drug-likeness (QED) is 0.893. The minimum absolute atomic E-state index is 0.0322. The van der Waals surface area contributed by atoms with Crippen molar-refractivity contribution in [2.24, 2.45) is 5.92 Å². The first-order valence-corrected chi connectivity index (χ1v) is 8.93. The Labute approximate surface area is 153 Å². The zero-order valence-corrected chi connectivity index (χ0v) is 15.2. The van der Waals surface area contributed by atoms with Gasteiger partial charge in [0.05, 0.1) is 24.3 Å². The molecule has 1 aromatic heterocycles. The summed E-state index contributed by atoms with van der Waals surface area (Å²) in [6.07, 6.45) is 4.18. The van der Waals surface area contributed by atoms with E-state index in [1.54, 1.807) is 12.1 Å². The number of likely N-dealkylation sites (tertiary alicyclic amines) is 1. The van der Waals surface area contributed by atoms with Crippen LogP contribution in [-0.2, 0) is 11.2 Å². The summed E-state index contributed by atoms with van der Waals surface area (Å²) < 4.78 is 1.91. The van der Waals surface area contributed by atoms with Crippen LogP contribution >= 0.6 is 0 Å². The van der Waals surface area contributed by atoms with Crippen molar-refractivity contribution in [1.82, 2.24) is 14.7 Å². The van der Waals surface area contributed by atoms with Crippen LogP contribution in [0.5, 0.6) is 0 Å². The lowest BCUT2D eigenvalue weighted by Gasteiger charge is -2.16. The number of aliphatic hydroxyl groups is 1. The van der Waals surface area contributed by atoms with Gasteiger partial charge in [-0.1, -0.05) is 12.1 Å². The van der Waals surface area contributed by atoms with Gasteiger partial charge in [-0.25, -0.2) is 0 Å². The number of amides is 1. The first-order valence-electron chi connectivity index (χ1n) is 8.93. The van der Waals surface area contributed by atoms with Crippen LogP contribution in [0.15, 0.2) is 36.7 Å². The Balaban J connectivity index is 1.68. The average molecular weight is 352 g/mol. The second-order valence-electron chi connectivity index (χ2n) is 7.18. The van der Waals surface area contributed by atoms with Crippen LogP contribution in [0, 0.1) is 17.2 Å². The van der Waals surface area contributed by atoms with Crippen LogP contribution in [0.4, 0.5) is 0 Å². The molecule has 0 radical (unpaired) electrons. The molecule has 6 heteroatoms. The molecule has 2 heterocycles. The molecule has 3 rings (SSSR count). The standard InChI is InChI=1S/C20H24N4O2/c1-14(2)24-11-17(9-22-24)19-12-23(10-18(19)13-25)20(26)7-15-3-5-16(8-21)6-4-15/h3-6,9,11,14,18-19,25H,7,10,12-13H2,1-2H3/t18-,19-/m0/s1. The number of aliphatic hydroxyl groups excluding tert-OH is 1. The first kappa shape index (κ1) is 18.2. The van der Waals surface area contributed by atoms with Gasteiger partial charge in [-0.3, -0.25) is 9.48 Å². The van der Waals surface area contributed by atoms with E-state index < -0.39 is 0 Å². The van der Waals surface area contributed by atoms with Crippen LogP contribution in [0.2, 0.25) is 0 Å². The van der Waals surface area contributed by atoms with Crippen molar-refractivity contribution in [3.05, 3.63) is 53.3 Å². The molecule has 1 N–H and O–H groups in total. The number of carbonyl (C=O) groups is 1. The number of aromatic nitrogens is 2. The van der Waals surface area contributed by atoms with Crippen molar-refractivity contribution in [1.29, 1.82) is 5.26 Å². The highest BCUT2D eigenvalue weighted by atomic mass is 16.3. The van der Waals surface area contributed by atoms with Gasteiger partial charge in [0.15, 0.2) is 0 Å². The molecule has 0 spiro atoms. The second-order valence-corrected chi connectivity index (χ2v) is 7.18. The maximum Gasteiger partial charge on any atom is 0.227 e. The van der Waals surface area contributed by atoms with E-state index in [9.17, 15) is 9.90 Å². The number of hydrogen-bond donors (Lipinski definition) is 1. The van der Waals surface area contributed by atoms with Crippen molar-refractivity contribution in [3.63, 3.8) is 0 Å². The molecular weight excluding hydrogens is 328 g/mol. The maximum atomic E-state index is 12.7. The van der Waals surface area contributed by atoms with Gasteiger partial charge < -0.3 is 10.0 Å². The van der Waals surface area contributed by atoms with Crippen LogP contribution in [0.3, 0.4) is 0 Å². The van der Waals surface area contributed by atoms with E-state index in [2.05, 4.69) is 25.0 Å². The summed E-state index contributed by atoms with van der Waals surface area (Å²) in [5.41, 5.74) is 2.56. The molecule has 0 unspecified atom stereocenters. The number of hydrogen-bond acceptors (Lipinski definition) is 4. The van der Waals surface area contributed by atoms with Gasteiger partial charge in [0.2, 0.25) is 5.91 Å². The van der Waals surface area contributed by atoms with Crippen LogP contribution in [0.25, 0.3) is 0 Å². The summed E-state index contributed by atoms with van der Waals surface area (Å²) in [7, 11) is 0. The van der Waals surface area contributed by atoms with Crippen LogP contribution in [0.1, 0.15) is 42.5 Å². The van der Waals surface area contributed by atoms with Gasteiger partial charge in [-0.2, -0.15) is 10.4 Å². The second kappa shape index (κ2) is 7.71. The van der Waals surface area contributed by atoms with Gasteiger partial charge in [0.25, 0.3) is 0 Å². The molecule has 1 aliphatic rings. The van der Waals surface area contributed by atoms with E-state index in [0.29, 0.717) is 25.1 Å². The molecule has 1 aromatic carbocycles. The molecule has 0 aliphatic carbocycles. The van der Waals surface area contributed by atoms with E-state index in [1.165, 1.54) is 0 Å². The van der Waals surface area contributed by atoms with Crippen molar-refractivity contribution in [3.8, 4) is 6.07 Å². The first-order chi connectivity index (χ1) is 12.5. The number of rotatable bonds is 5. The highest BCUT2D eigenvalue weighted by Gasteiger charge is 2.36. The zero-order valence-electron chi connectivity index (χ0n) is 15.2. The molecule has 6 nitrogen and oxygen atoms in total. The summed E-state index contributed by atoms with van der Waals surface area (Å²) in [6, 6.07) is 9.46. The fourth-order valence-electron chi connectivity index (χ4n) is 3.45. The molecule has 26 heavy (non-hydrogen) atoms. The summed E-state index contributed by atoms with van der Waals surface area (Å²) in [6.45, 7) is 5.36. The number of carbonyl (C=O) groups excluding carboxylic acids is 1. The molecule has 2 atom stereocenters. The van der Waals surface area contributed by atoms with E-state index in [1.807, 2.05) is 34.1 Å². The largest absolute Gasteiger partial charge is 0.396 e. The summed E-state index contributed by atoms with van der Waals surface area (Å²) in [5, 5.41) is 23.0. The Morgan fingerprint density at radius 1 is 1.35 bits per heavy atom. The predicted octanol–water partition coefficient (Wildman–Crippen LogP) is 2.11. The molecule has 1 saturated heterocycles. The summed E-state index contributed by atoms with van der Waals surface area (Å²) >= 11 is 0. The fourth-order valence-corrected chi connectivity index (χ4v) is 3.45. The molecule has 0 bridgehead atoms. The minimum atomic E-state index is 0.0322. The highest BCUT2D eigenvalue weighted by Crippen LogP contribution is 2.33. The lowest BCUT2D eigenvalue weighted by atomic mass is 9.92. The Hall–Kier alpha value is -2.65. The van der Waals surface area contributed by atoms with Gasteiger partial charge in [0, 0.05) is 43.8 Å². The SMILES string of the molecule is CC(C)n1cc([C@@H]2CN(C(=O)Cc3ccc(C#N)cc3)C[C@H]2CO)cn1. The molecule has 0 saturated carbocycles. The number of nitriles is 1. The van der Waals surface area contributed by atoms with Gasteiger partial charge in [-0.05, 0) is 37.1 Å². The molecule has 1 amide bonds.